The van der Waals surface area contributed by atoms with Crippen LogP contribution >= 0.6 is 0 Å². The van der Waals surface area contributed by atoms with Crippen molar-refractivity contribution >= 4 is 11.6 Å². The van der Waals surface area contributed by atoms with E-state index in [0.717, 1.165) is 24.4 Å². The Morgan fingerprint density at radius 3 is 2.60 bits per heavy atom. The average Bonchev–Trinajstić information content (AvgIpc) is 3.09. The van der Waals surface area contributed by atoms with Gasteiger partial charge in [0.25, 0.3) is 0 Å². The van der Waals surface area contributed by atoms with E-state index in [4.69, 9.17) is 0 Å². The van der Waals surface area contributed by atoms with Crippen molar-refractivity contribution < 1.29 is 4.79 Å². The molecule has 1 N–H and O–H groups in total. The van der Waals surface area contributed by atoms with Gasteiger partial charge >= 0.3 is 0 Å². The van der Waals surface area contributed by atoms with E-state index in [1.807, 2.05) is 0 Å². The van der Waals surface area contributed by atoms with Crippen LogP contribution in [0, 0.1) is 17.8 Å². The highest BCUT2D eigenvalue weighted by molar-refractivity contribution is 5.93. The predicted octanol–water partition coefficient (Wildman–Crippen LogP) is 4.40. The molecule has 2 aliphatic carbocycles. The summed E-state index contributed by atoms with van der Waals surface area (Å²) in [5, 5.41) is 3.11. The molecule has 2 saturated carbocycles. The van der Waals surface area contributed by atoms with Crippen LogP contribution in [0.4, 0.5) is 5.69 Å². The van der Waals surface area contributed by atoms with Crippen LogP contribution in [-0.2, 0) is 11.2 Å². The molecule has 1 aromatic rings. The Hall–Kier alpha value is -1.31. The van der Waals surface area contributed by atoms with Crippen LogP contribution in [0.2, 0.25) is 0 Å². The van der Waals surface area contributed by atoms with Crippen molar-refractivity contribution in [3.8, 4) is 0 Å². The minimum Gasteiger partial charge on any atom is -0.326 e. The molecule has 0 spiro atoms. The van der Waals surface area contributed by atoms with Gasteiger partial charge in [-0.15, -0.1) is 0 Å². The Morgan fingerprint density at radius 1 is 1.20 bits per heavy atom. The van der Waals surface area contributed by atoms with Crippen LogP contribution in [0.5, 0.6) is 0 Å². The predicted molar refractivity (Wildman–Crippen MR) is 82.6 cm³/mol. The first kappa shape index (κ1) is 13.7. The fraction of sp³-hybridized carbons (Fsp3) is 0.611. The van der Waals surface area contributed by atoms with Crippen molar-refractivity contribution in [1.82, 2.24) is 0 Å². The van der Waals surface area contributed by atoms with E-state index in [1.165, 1.54) is 37.7 Å². The number of benzene rings is 1. The summed E-state index contributed by atoms with van der Waals surface area (Å²) in [6.07, 6.45) is 8.61. The van der Waals surface area contributed by atoms with Gasteiger partial charge in [0.15, 0.2) is 0 Å². The molecule has 1 amide bonds. The number of amides is 1. The lowest BCUT2D eigenvalue weighted by Gasteiger charge is -2.20. The fourth-order valence-electron chi connectivity index (χ4n) is 3.94. The Bertz CT molecular complexity index is 465. The molecule has 0 saturated heterocycles. The number of unbranched alkanes of at least 4 members (excludes halogenated alkanes) is 1. The molecular formula is C18H25NO. The number of rotatable bonds is 5. The summed E-state index contributed by atoms with van der Waals surface area (Å²) >= 11 is 0. The van der Waals surface area contributed by atoms with Crippen molar-refractivity contribution in [2.75, 3.05) is 5.32 Å². The first-order valence-corrected chi connectivity index (χ1v) is 8.16. The van der Waals surface area contributed by atoms with Gasteiger partial charge in [-0.1, -0.05) is 31.9 Å². The summed E-state index contributed by atoms with van der Waals surface area (Å²) in [7, 11) is 0. The van der Waals surface area contributed by atoms with Crippen LogP contribution in [0.3, 0.4) is 0 Å². The number of carbonyl (C=O) groups is 1. The summed E-state index contributed by atoms with van der Waals surface area (Å²) in [6.45, 7) is 2.21. The molecule has 1 aromatic carbocycles. The average molecular weight is 271 g/mol. The van der Waals surface area contributed by atoms with E-state index in [-0.39, 0.29) is 11.8 Å². The van der Waals surface area contributed by atoms with E-state index >= 15 is 0 Å². The number of carbonyl (C=O) groups excluding carboxylic acids is 1. The number of nitrogens with one attached hydrogen (secondary N) is 1. The van der Waals surface area contributed by atoms with E-state index in [9.17, 15) is 4.79 Å². The van der Waals surface area contributed by atoms with Crippen LogP contribution < -0.4 is 5.32 Å². The largest absolute Gasteiger partial charge is 0.326 e. The zero-order valence-electron chi connectivity index (χ0n) is 12.4. The highest BCUT2D eigenvalue weighted by Crippen LogP contribution is 2.48. The highest BCUT2D eigenvalue weighted by Gasteiger charge is 2.42. The lowest BCUT2D eigenvalue weighted by molar-refractivity contribution is -0.121. The number of hydrogen-bond donors (Lipinski definition) is 1. The van der Waals surface area contributed by atoms with Gasteiger partial charge in [0.05, 0.1) is 0 Å². The number of aryl methyl sites for hydroxylation is 1. The molecule has 2 aliphatic rings. The number of hydrogen-bond acceptors (Lipinski definition) is 1. The molecule has 0 radical (unpaired) electrons. The van der Waals surface area contributed by atoms with E-state index < -0.39 is 0 Å². The molecule has 2 nitrogen and oxygen atoms in total. The van der Waals surface area contributed by atoms with E-state index in [0.29, 0.717) is 5.92 Å². The van der Waals surface area contributed by atoms with Crippen LogP contribution in [-0.4, -0.2) is 5.91 Å². The first-order chi connectivity index (χ1) is 9.76. The number of fused-ring (bicyclic) bond motifs is 2. The summed E-state index contributed by atoms with van der Waals surface area (Å²) < 4.78 is 0. The summed E-state index contributed by atoms with van der Waals surface area (Å²) in [5.41, 5.74) is 2.32. The maximum absolute atomic E-state index is 12.4. The lowest BCUT2D eigenvalue weighted by atomic mass is 9.88. The van der Waals surface area contributed by atoms with Crippen molar-refractivity contribution in [3.05, 3.63) is 29.8 Å². The third-order valence-corrected chi connectivity index (χ3v) is 5.12. The third kappa shape index (κ3) is 2.89. The van der Waals surface area contributed by atoms with Gasteiger partial charge in [0.2, 0.25) is 5.91 Å². The van der Waals surface area contributed by atoms with Crippen molar-refractivity contribution in [2.24, 2.45) is 17.8 Å². The zero-order valence-corrected chi connectivity index (χ0v) is 12.4. The standard InChI is InChI=1S/C18H25NO/c1-2-3-4-13-6-9-16(10-7-13)19-18(20)17-12-14-5-8-15(17)11-14/h6-7,9-10,14-15,17H,2-5,8,11-12H2,1H3,(H,19,20)/t14-,15+,17-/m0/s1. The molecule has 0 aliphatic heterocycles. The number of anilines is 1. The molecule has 0 unspecified atom stereocenters. The normalized spacial score (nSPS) is 27.8. The topological polar surface area (TPSA) is 29.1 Å². The van der Waals surface area contributed by atoms with Crippen LogP contribution in [0.25, 0.3) is 0 Å². The molecule has 0 heterocycles. The second kappa shape index (κ2) is 5.99. The second-order valence-corrected chi connectivity index (χ2v) is 6.57. The fourth-order valence-corrected chi connectivity index (χ4v) is 3.94. The molecule has 3 rings (SSSR count). The Labute approximate surface area is 122 Å². The van der Waals surface area contributed by atoms with E-state index in [1.54, 1.807) is 0 Å². The minimum absolute atomic E-state index is 0.249. The van der Waals surface area contributed by atoms with Crippen molar-refractivity contribution in [3.63, 3.8) is 0 Å². The van der Waals surface area contributed by atoms with Crippen molar-refractivity contribution in [2.45, 2.75) is 51.9 Å². The molecule has 2 fully saturated rings. The Kier molecular flexibility index (Phi) is 4.09. The SMILES string of the molecule is CCCCc1ccc(NC(=O)[C@H]2C[C@H]3CC[C@@H]2C3)cc1. The van der Waals surface area contributed by atoms with Gasteiger partial charge < -0.3 is 5.32 Å². The van der Waals surface area contributed by atoms with Gasteiger partial charge in [-0.05, 0) is 61.6 Å². The smallest absolute Gasteiger partial charge is 0.227 e. The van der Waals surface area contributed by atoms with Crippen LogP contribution in [0.15, 0.2) is 24.3 Å². The first-order valence-electron chi connectivity index (χ1n) is 8.16. The molecule has 3 atom stereocenters. The van der Waals surface area contributed by atoms with Gasteiger partial charge in [-0.25, -0.2) is 0 Å². The molecule has 0 aromatic heterocycles. The quantitative estimate of drug-likeness (QED) is 0.844. The zero-order chi connectivity index (χ0) is 13.9. The molecule has 2 heteroatoms. The lowest BCUT2D eigenvalue weighted by Crippen LogP contribution is -2.27. The Balaban J connectivity index is 1.56. The summed E-state index contributed by atoms with van der Waals surface area (Å²) in [5.74, 6) is 2.00. The molecule has 108 valence electrons. The van der Waals surface area contributed by atoms with Crippen LogP contribution in [0.1, 0.15) is 51.0 Å². The maximum Gasteiger partial charge on any atom is 0.227 e. The van der Waals surface area contributed by atoms with Gasteiger partial charge in [0.1, 0.15) is 0 Å². The minimum atomic E-state index is 0.249. The van der Waals surface area contributed by atoms with Gasteiger partial charge in [-0.3, -0.25) is 4.79 Å². The monoisotopic (exact) mass is 271 g/mol. The van der Waals surface area contributed by atoms with E-state index in [2.05, 4.69) is 36.5 Å². The molecule has 2 bridgehead atoms. The van der Waals surface area contributed by atoms with Gasteiger partial charge in [-0.2, -0.15) is 0 Å². The summed E-state index contributed by atoms with van der Waals surface area (Å²) in [6, 6.07) is 8.39. The third-order valence-electron chi connectivity index (χ3n) is 5.12. The molecular weight excluding hydrogens is 246 g/mol. The maximum atomic E-state index is 12.4. The second-order valence-electron chi connectivity index (χ2n) is 6.57. The molecule has 20 heavy (non-hydrogen) atoms. The van der Waals surface area contributed by atoms with Gasteiger partial charge in [0, 0.05) is 11.6 Å². The van der Waals surface area contributed by atoms with Crippen molar-refractivity contribution in [1.29, 1.82) is 0 Å². The highest BCUT2D eigenvalue weighted by atomic mass is 16.1. The Morgan fingerprint density at radius 2 is 2.00 bits per heavy atom. The summed E-state index contributed by atoms with van der Waals surface area (Å²) in [4.78, 5) is 12.4.